The summed E-state index contributed by atoms with van der Waals surface area (Å²) in [5, 5.41) is 0. The van der Waals surface area contributed by atoms with Crippen molar-refractivity contribution in [3.63, 3.8) is 0 Å². The van der Waals surface area contributed by atoms with E-state index in [4.69, 9.17) is 18.9 Å². The summed E-state index contributed by atoms with van der Waals surface area (Å²) in [6, 6.07) is 0. The maximum absolute atomic E-state index is 12.9. The monoisotopic (exact) mass is 357 g/mol. The molecule has 8 nitrogen and oxygen atoms in total. The van der Waals surface area contributed by atoms with Crippen LogP contribution in [0.25, 0.3) is 0 Å². The predicted molar refractivity (Wildman–Crippen MR) is 87.2 cm³/mol. The maximum atomic E-state index is 12.9. The number of carbonyl (C=O) groups is 3. The zero-order chi connectivity index (χ0) is 18.6. The lowest BCUT2D eigenvalue weighted by Crippen LogP contribution is -2.69. The third-order valence-corrected chi connectivity index (χ3v) is 4.45. The van der Waals surface area contributed by atoms with Gasteiger partial charge in [-0.3, -0.25) is 9.69 Å². The van der Waals surface area contributed by atoms with E-state index in [-0.39, 0.29) is 37.1 Å². The molecule has 0 radical (unpaired) electrons. The Morgan fingerprint density at radius 2 is 1.44 bits per heavy atom. The smallest absolute Gasteiger partial charge is 0.432 e. The van der Waals surface area contributed by atoms with Crippen LogP contribution >= 0.6 is 0 Å². The fraction of sp³-hybridized carbons (Fsp3) is 0.824. The molecular formula is C17H27NO7. The minimum Gasteiger partial charge on any atom is -0.432 e. The first kappa shape index (κ1) is 19.5. The van der Waals surface area contributed by atoms with E-state index < -0.39 is 17.8 Å². The number of ether oxygens (including phenoxy) is 4. The fourth-order valence-corrected chi connectivity index (χ4v) is 3.28. The lowest BCUT2D eigenvalue weighted by atomic mass is 9.74. The molecule has 8 heteroatoms. The van der Waals surface area contributed by atoms with Gasteiger partial charge in [-0.25, -0.2) is 9.59 Å². The summed E-state index contributed by atoms with van der Waals surface area (Å²) in [4.78, 5) is 38.3. The number of Topliss-reactive ketones (excluding diaryl/α,β-unsaturated/α-hetero) is 1. The second-order valence-electron chi connectivity index (χ2n) is 7.07. The minimum absolute atomic E-state index is 0.0558. The summed E-state index contributed by atoms with van der Waals surface area (Å²) in [5.41, 5.74) is -1.16. The molecule has 0 aromatic heterocycles. The van der Waals surface area contributed by atoms with Crippen molar-refractivity contribution in [2.24, 2.45) is 5.92 Å². The van der Waals surface area contributed by atoms with Crippen molar-refractivity contribution in [1.82, 2.24) is 4.90 Å². The standard InChI is InChI=1S/C17H27NO7/c1-11(2)24-15(20)22-9-17(10-23-16(21)25-12(3)4)14(19)13-5-7-18(17)8-6-13/h11-13H,5-10H2,1-4H3. The second kappa shape index (κ2) is 8.03. The molecule has 3 heterocycles. The molecule has 0 spiro atoms. The van der Waals surface area contributed by atoms with Gasteiger partial charge in [-0.15, -0.1) is 0 Å². The Hall–Kier alpha value is -1.83. The first-order chi connectivity index (χ1) is 11.7. The van der Waals surface area contributed by atoms with Crippen LogP contribution in [0.2, 0.25) is 0 Å². The lowest BCUT2D eigenvalue weighted by Gasteiger charge is -2.51. The fourth-order valence-electron chi connectivity index (χ4n) is 3.28. The van der Waals surface area contributed by atoms with Crippen molar-refractivity contribution in [3.05, 3.63) is 0 Å². The number of hydrogen-bond donors (Lipinski definition) is 0. The van der Waals surface area contributed by atoms with E-state index in [0.29, 0.717) is 13.1 Å². The van der Waals surface area contributed by atoms with Gasteiger partial charge in [0.15, 0.2) is 5.78 Å². The second-order valence-corrected chi connectivity index (χ2v) is 7.07. The number of hydrogen-bond acceptors (Lipinski definition) is 8. The molecule has 0 amide bonds. The van der Waals surface area contributed by atoms with Crippen LogP contribution in [0.5, 0.6) is 0 Å². The molecule has 0 atom stereocenters. The van der Waals surface area contributed by atoms with Gasteiger partial charge in [-0.2, -0.15) is 0 Å². The van der Waals surface area contributed by atoms with Crippen molar-refractivity contribution < 1.29 is 33.3 Å². The van der Waals surface area contributed by atoms with Gasteiger partial charge in [0.05, 0.1) is 12.2 Å². The largest absolute Gasteiger partial charge is 0.508 e. The highest BCUT2D eigenvalue weighted by atomic mass is 16.7. The third kappa shape index (κ3) is 4.62. The molecule has 3 aliphatic rings. The highest BCUT2D eigenvalue weighted by Gasteiger charge is 2.55. The van der Waals surface area contributed by atoms with Gasteiger partial charge in [0.1, 0.15) is 18.8 Å². The summed E-state index contributed by atoms with van der Waals surface area (Å²) in [5.74, 6) is -0.154. The van der Waals surface area contributed by atoms with Gasteiger partial charge in [-0.05, 0) is 40.5 Å². The maximum Gasteiger partial charge on any atom is 0.508 e. The van der Waals surface area contributed by atoms with Crippen molar-refractivity contribution >= 4 is 18.1 Å². The van der Waals surface area contributed by atoms with Crippen LogP contribution in [0.3, 0.4) is 0 Å². The number of fused-ring (bicyclic) bond motifs is 3. The highest BCUT2D eigenvalue weighted by Crippen LogP contribution is 2.37. The zero-order valence-corrected chi connectivity index (χ0v) is 15.3. The van der Waals surface area contributed by atoms with Crippen LogP contribution in [0.4, 0.5) is 9.59 Å². The quantitative estimate of drug-likeness (QED) is 0.668. The van der Waals surface area contributed by atoms with E-state index in [2.05, 4.69) is 0 Å². The van der Waals surface area contributed by atoms with Gasteiger partial charge < -0.3 is 18.9 Å². The van der Waals surface area contributed by atoms with Crippen LogP contribution in [0, 0.1) is 5.92 Å². The molecule has 0 aromatic carbocycles. The lowest BCUT2D eigenvalue weighted by molar-refractivity contribution is -0.158. The van der Waals surface area contributed by atoms with E-state index in [1.807, 2.05) is 4.90 Å². The topological polar surface area (TPSA) is 91.4 Å². The molecule has 3 fully saturated rings. The average molecular weight is 357 g/mol. The summed E-state index contributed by atoms with van der Waals surface area (Å²) in [6.07, 6.45) is -0.774. The van der Waals surface area contributed by atoms with E-state index in [1.165, 1.54) is 0 Å². The highest BCUT2D eigenvalue weighted by molar-refractivity contribution is 5.92. The van der Waals surface area contributed by atoms with Crippen molar-refractivity contribution in [3.8, 4) is 0 Å². The Morgan fingerprint density at radius 1 is 1.00 bits per heavy atom. The van der Waals surface area contributed by atoms with Gasteiger partial charge in [-0.1, -0.05) is 0 Å². The van der Waals surface area contributed by atoms with Gasteiger partial charge in [0.2, 0.25) is 0 Å². The predicted octanol–water partition coefficient (Wildman–Crippen LogP) is 2.14. The van der Waals surface area contributed by atoms with Crippen LogP contribution in [-0.4, -0.2) is 67.0 Å². The Kier molecular flexibility index (Phi) is 6.26. The Bertz CT molecular complexity index is 483. The molecule has 25 heavy (non-hydrogen) atoms. The molecule has 2 bridgehead atoms. The summed E-state index contributed by atoms with van der Waals surface area (Å²) in [7, 11) is 0. The molecule has 142 valence electrons. The van der Waals surface area contributed by atoms with E-state index >= 15 is 0 Å². The average Bonchev–Trinajstić information content (AvgIpc) is 2.53. The molecule has 0 saturated carbocycles. The van der Waals surface area contributed by atoms with E-state index in [1.54, 1.807) is 27.7 Å². The molecule has 3 saturated heterocycles. The number of carbonyl (C=O) groups excluding carboxylic acids is 3. The summed E-state index contributed by atoms with van der Waals surface area (Å²) < 4.78 is 20.3. The third-order valence-electron chi connectivity index (χ3n) is 4.45. The van der Waals surface area contributed by atoms with Gasteiger partial charge in [0.25, 0.3) is 0 Å². The van der Waals surface area contributed by atoms with E-state index in [9.17, 15) is 14.4 Å². The van der Waals surface area contributed by atoms with Gasteiger partial charge >= 0.3 is 12.3 Å². The molecule has 0 N–H and O–H groups in total. The van der Waals surface area contributed by atoms with Crippen molar-refractivity contribution in [1.29, 1.82) is 0 Å². The Morgan fingerprint density at radius 3 is 1.80 bits per heavy atom. The number of ketones is 1. The molecular weight excluding hydrogens is 330 g/mol. The Labute approximate surface area is 147 Å². The molecule has 3 rings (SSSR count). The molecule has 0 aromatic rings. The number of nitrogens with zero attached hydrogens (tertiary/aromatic N) is 1. The number of rotatable bonds is 6. The summed E-state index contributed by atoms with van der Waals surface area (Å²) in [6.45, 7) is 7.81. The van der Waals surface area contributed by atoms with Crippen LogP contribution in [-0.2, 0) is 23.7 Å². The molecule has 0 aliphatic carbocycles. The van der Waals surface area contributed by atoms with Crippen molar-refractivity contribution in [2.45, 2.75) is 58.3 Å². The van der Waals surface area contributed by atoms with Crippen LogP contribution < -0.4 is 0 Å². The van der Waals surface area contributed by atoms with E-state index in [0.717, 1.165) is 12.8 Å². The number of piperidine rings is 3. The SMILES string of the molecule is CC(C)OC(=O)OCC1(COC(=O)OC(C)C)C(=O)C2CCN1CC2. The zero-order valence-electron chi connectivity index (χ0n) is 15.3. The minimum atomic E-state index is -1.16. The molecule has 3 aliphatic heterocycles. The van der Waals surface area contributed by atoms with Crippen molar-refractivity contribution in [2.75, 3.05) is 26.3 Å². The Balaban J connectivity index is 2.07. The van der Waals surface area contributed by atoms with Gasteiger partial charge in [0, 0.05) is 19.0 Å². The first-order valence-corrected chi connectivity index (χ1v) is 8.71. The summed E-state index contributed by atoms with van der Waals surface area (Å²) >= 11 is 0. The van der Waals surface area contributed by atoms with Crippen LogP contribution in [0.15, 0.2) is 0 Å². The normalized spacial score (nSPS) is 24.3. The van der Waals surface area contributed by atoms with Crippen LogP contribution in [0.1, 0.15) is 40.5 Å². The molecule has 0 unspecified atom stereocenters. The first-order valence-electron chi connectivity index (χ1n) is 8.71.